The van der Waals surface area contributed by atoms with Crippen molar-refractivity contribution in [3.8, 4) is 5.69 Å². The van der Waals surface area contributed by atoms with Crippen LogP contribution in [0, 0.1) is 11.3 Å². The summed E-state index contributed by atoms with van der Waals surface area (Å²) in [5.74, 6) is 0.414. The molecule has 0 spiro atoms. The molecule has 3 aromatic carbocycles. The lowest BCUT2D eigenvalue weighted by Gasteiger charge is -2.38. The first-order chi connectivity index (χ1) is 16.6. The Bertz CT molecular complexity index is 1480. The molecule has 1 fully saturated rings. The molecule has 4 aromatic rings. The van der Waals surface area contributed by atoms with Gasteiger partial charge in [-0.3, -0.25) is 0 Å². The van der Waals surface area contributed by atoms with Crippen LogP contribution in [0.3, 0.4) is 0 Å². The van der Waals surface area contributed by atoms with Gasteiger partial charge in [-0.1, -0.05) is 85.8 Å². The highest BCUT2D eigenvalue weighted by atomic mass is 32.2. The van der Waals surface area contributed by atoms with Crippen molar-refractivity contribution in [2.75, 3.05) is 0 Å². The van der Waals surface area contributed by atoms with E-state index in [4.69, 9.17) is 5.73 Å². The Morgan fingerprint density at radius 1 is 0.912 bits per heavy atom. The summed E-state index contributed by atoms with van der Waals surface area (Å²) >= 11 is 2.13. The zero-order chi connectivity index (χ0) is 22.9. The number of fused-ring (bicyclic) bond motifs is 6. The summed E-state index contributed by atoms with van der Waals surface area (Å²) in [4.78, 5) is 0. The Morgan fingerprint density at radius 3 is 2.35 bits per heavy atom. The molecule has 7 rings (SSSR count). The lowest BCUT2D eigenvalue weighted by molar-refractivity contribution is 0.305. The predicted octanol–water partition coefficient (Wildman–Crippen LogP) is 7.48. The van der Waals surface area contributed by atoms with E-state index in [0.29, 0.717) is 16.4 Å². The summed E-state index contributed by atoms with van der Waals surface area (Å²) < 4.78 is 2.43. The number of benzene rings is 3. The highest BCUT2D eigenvalue weighted by molar-refractivity contribution is 8.01. The Hall–Kier alpha value is -3.17. The van der Waals surface area contributed by atoms with Gasteiger partial charge in [0.1, 0.15) is 0 Å². The van der Waals surface area contributed by atoms with Crippen molar-refractivity contribution in [2.24, 2.45) is 17.1 Å². The minimum Gasteiger partial charge on any atom is -0.402 e. The van der Waals surface area contributed by atoms with Crippen LogP contribution in [0.2, 0.25) is 0 Å². The number of hydrogen-bond donors (Lipinski definition) is 1. The fourth-order valence-electron chi connectivity index (χ4n) is 6.60. The molecule has 4 atom stereocenters. The molecule has 34 heavy (non-hydrogen) atoms. The fraction of sp³-hybridized carbons (Fsp3) is 0.226. The van der Waals surface area contributed by atoms with Crippen LogP contribution in [0.25, 0.3) is 33.1 Å². The summed E-state index contributed by atoms with van der Waals surface area (Å²) in [7, 11) is 0. The summed E-state index contributed by atoms with van der Waals surface area (Å²) in [6.45, 7) is 2.42. The molecule has 1 saturated heterocycles. The Labute approximate surface area is 204 Å². The van der Waals surface area contributed by atoms with Gasteiger partial charge in [0.05, 0.1) is 16.7 Å². The third kappa shape index (κ3) is 2.77. The number of hydrogen-bond acceptors (Lipinski definition) is 2. The van der Waals surface area contributed by atoms with Crippen molar-refractivity contribution >= 4 is 39.1 Å². The van der Waals surface area contributed by atoms with E-state index in [0.717, 1.165) is 12.1 Å². The van der Waals surface area contributed by atoms with Crippen molar-refractivity contribution < 1.29 is 0 Å². The highest BCUT2D eigenvalue weighted by Crippen LogP contribution is 2.59. The van der Waals surface area contributed by atoms with Crippen LogP contribution >= 0.6 is 11.8 Å². The first-order valence-electron chi connectivity index (χ1n) is 12.3. The van der Waals surface area contributed by atoms with Crippen LogP contribution < -0.4 is 5.73 Å². The van der Waals surface area contributed by atoms with Gasteiger partial charge >= 0.3 is 0 Å². The number of para-hydroxylation sites is 3. The molecule has 1 aromatic heterocycles. The maximum Gasteiger partial charge on any atom is 0.0541 e. The van der Waals surface area contributed by atoms with E-state index < -0.39 is 0 Å². The Balaban J connectivity index is 1.44. The second-order valence-electron chi connectivity index (χ2n) is 10.1. The highest BCUT2D eigenvalue weighted by Gasteiger charge is 2.53. The Kier molecular flexibility index (Phi) is 4.41. The fourth-order valence-corrected chi connectivity index (χ4v) is 8.54. The monoisotopic (exact) mass is 460 g/mol. The number of allylic oxidation sites excluding steroid dienone is 5. The minimum absolute atomic E-state index is 0.0361. The zero-order valence-electron chi connectivity index (χ0n) is 19.3. The standard InChI is InChI=1S/C31H28N2S/c1-31-19-20(17-18-29(31)34-28-16-8-12-24(32)30(28)31)21-9-2-5-13-25(21)33-26-14-6-3-10-22(26)23-11-4-7-15-27(23)33/h2-7,9-15,17-19,28-30H,8,16,32H2,1H3. The SMILES string of the molecule is CC12C=C(c3ccccc3-n3c4ccccc4c4ccccc43)C=CC1SC1CCC=C(N)C12. The molecule has 0 radical (unpaired) electrons. The number of nitrogens with zero attached hydrogens (tertiary/aromatic N) is 1. The van der Waals surface area contributed by atoms with Crippen molar-refractivity contribution in [3.63, 3.8) is 0 Å². The van der Waals surface area contributed by atoms with Gasteiger partial charge in [0, 0.05) is 43.9 Å². The average Bonchev–Trinajstić information content (AvgIpc) is 3.36. The van der Waals surface area contributed by atoms with Crippen molar-refractivity contribution in [3.05, 3.63) is 108 Å². The van der Waals surface area contributed by atoms with E-state index in [1.165, 1.54) is 45.1 Å². The van der Waals surface area contributed by atoms with Gasteiger partial charge in [0.25, 0.3) is 0 Å². The summed E-state index contributed by atoms with van der Waals surface area (Å²) in [5.41, 5.74) is 14.0. The first-order valence-corrected chi connectivity index (χ1v) is 13.2. The van der Waals surface area contributed by atoms with E-state index in [1.54, 1.807) is 0 Å². The van der Waals surface area contributed by atoms with E-state index >= 15 is 0 Å². The van der Waals surface area contributed by atoms with Crippen LogP contribution in [0.15, 0.2) is 103 Å². The van der Waals surface area contributed by atoms with Crippen LogP contribution in [0.1, 0.15) is 25.3 Å². The molecule has 3 heteroatoms. The molecule has 2 aliphatic carbocycles. The molecule has 3 aliphatic rings. The number of nitrogens with two attached hydrogens (primary N) is 1. The van der Waals surface area contributed by atoms with Crippen molar-refractivity contribution in [1.82, 2.24) is 4.57 Å². The second kappa shape index (κ2) is 7.41. The van der Waals surface area contributed by atoms with Crippen LogP contribution in [0.4, 0.5) is 0 Å². The molecular weight excluding hydrogens is 432 g/mol. The van der Waals surface area contributed by atoms with Gasteiger partial charge in [0.15, 0.2) is 0 Å². The Morgan fingerprint density at radius 2 is 1.59 bits per heavy atom. The number of rotatable bonds is 2. The maximum absolute atomic E-state index is 6.62. The number of thioether (sulfide) groups is 1. The van der Waals surface area contributed by atoms with Crippen LogP contribution in [-0.4, -0.2) is 15.1 Å². The predicted molar refractivity (Wildman–Crippen MR) is 146 cm³/mol. The van der Waals surface area contributed by atoms with E-state index in [2.05, 4.69) is 120 Å². The van der Waals surface area contributed by atoms with Crippen molar-refractivity contribution in [1.29, 1.82) is 0 Å². The van der Waals surface area contributed by atoms with Crippen molar-refractivity contribution in [2.45, 2.75) is 30.3 Å². The second-order valence-corrected chi connectivity index (χ2v) is 11.5. The molecule has 2 heterocycles. The minimum atomic E-state index is 0.0361. The largest absolute Gasteiger partial charge is 0.402 e. The van der Waals surface area contributed by atoms with Gasteiger partial charge in [-0.2, -0.15) is 0 Å². The molecule has 168 valence electrons. The maximum atomic E-state index is 6.62. The van der Waals surface area contributed by atoms with Gasteiger partial charge in [0.2, 0.25) is 0 Å². The normalized spacial score (nSPS) is 28.0. The summed E-state index contributed by atoms with van der Waals surface area (Å²) in [6, 6.07) is 26.3. The van der Waals surface area contributed by atoms with E-state index in [9.17, 15) is 0 Å². The molecule has 0 bridgehead atoms. The van der Waals surface area contributed by atoms with Gasteiger partial charge in [-0.25, -0.2) is 0 Å². The molecule has 2 N–H and O–H groups in total. The molecule has 0 saturated carbocycles. The quantitative estimate of drug-likeness (QED) is 0.336. The van der Waals surface area contributed by atoms with Crippen LogP contribution in [0.5, 0.6) is 0 Å². The lowest BCUT2D eigenvalue weighted by atomic mass is 9.66. The van der Waals surface area contributed by atoms with E-state index in [-0.39, 0.29) is 5.41 Å². The summed E-state index contributed by atoms with van der Waals surface area (Å²) in [5, 5.41) is 3.69. The van der Waals surface area contributed by atoms with Crippen LogP contribution in [-0.2, 0) is 0 Å². The smallest absolute Gasteiger partial charge is 0.0541 e. The molecule has 2 nitrogen and oxygen atoms in total. The first kappa shape index (κ1) is 20.2. The van der Waals surface area contributed by atoms with Gasteiger partial charge in [-0.15, -0.1) is 11.8 Å². The number of aromatic nitrogens is 1. The molecule has 4 unspecified atom stereocenters. The zero-order valence-corrected chi connectivity index (χ0v) is 20.1. The molecule has 1 aliphatic heterocycles. The molecule has 0 amide bonds. The van der Waals surface area contributed by atoms with Gasteiger partial charge in [-0.05, 0) is 36.6 Å². The van der Waals surface area contributed by atoms with E-state index in [1.807, 2.05) is 0 Å². The topological polar surface area (TPSA) is 30.9 Å². The van der Waals surface area contributed by atoms with Gasteiger partial charge < -0.3 is 10.3 Å². The third-order valence-electron chi connectivity index (χ3n) is 8.12. The molecular formula is C31H28N2S. The lowest BCUT2D eigenvalue weighted by Crippen LogP contribution is -2.37. The average molecular weight is 461 g/mol. The third-order valence-corrected chi connectivity index (χ3v) is 9.94. The summed E-state index contributed by atoms with van der Waals surface area (Å²) in [6.07, 6.45) is 11.9.